The number of thiophene rings is 1. The minimum absolute atomic E-state index is 0.120. The predicted octanol–water partition coefficient (Wildman–Crippen LogP) is 7.27. The van der Waals surface area contributed by atoms with Crippen LogP contribution in [-0.4, -0.2) is 22.3 Å². The molecular weight excluding hydrogens is 471 g/mol. The van der Waals surface area contributed by atoms with Gasteiger partial charge in [0.15, 0.2) is 0 Å². The summed E-state index contributed by atoms with van der Waals surface area (Å²) < 4.78 is 39.0. The summed E-state index contributed by atoms with van der Waals surface area (Å²) in [5, 5.41) is 4.45. The highest BCUT2D eigenvalue weighted by atomic mass is 32.1. The van der Waals surface area contributed by atoms with Gasteiger partial charge in [0.1, 0.15) is 0 Å². The molecule has 0 fully saturated rings. The number of nitrogens with zero attached hydrogens (tertiary/aromatic N) is 2. The van der Waals surface area contributed by atoms with E-state index in [0.29, 0.717) is 12.0 Å². The monoisotopic (exact) mass is 499 g/mol. The third kappa shape index (κ3) is 5.65. The average molecular weight is 500 g/mol. The third-order valence-corrected chi connectivity index (χ3v) is 7.49. The highest BCUT2D eigenvalue weighted by Gasteiger charge is 2.31. The fourth-order valence-corrected chi connectivity index (χ4v) is 5.52. The SMILES string of the molecule is CC/C=C\c1cc(CN2CCc3c(C(=O)Nc4cccc(C(F)(F)F)c4)csc3C2C)cnc1C. The number of carbonyl (C=O) groups is 1. The molecule has 1 atom stereocenters. The molecular formula is C27H28F3N3OS. The van der Waals surface area contributed by atoms with Crippen LogP contribution in [0.3, 0.4) is 0 Å². The number of aryl methyl sites for hydroxylation is 1. The number of carbonyl (C=O) groups excluding carboxylic acids is 1. The van der Waals surface area contributed by atoms with Crippen molar-refractivity contribution in [2.45, 2.75) is 52.4 Å². The van der Waals surface area contributed by atoms with Crippen molar-refractivity contribution in [2.75, 3.05) is 11.9 Å². The van der Waals surface area contributed by atoms with Crippen molar-refractivity contribution in [3.05, 3.63) is 86.4 Å². The Balaban J connectivity index is 1.49. The van der Waals surface area contributed by atoms with E-state index in [9.17, 15) is 18.0 Å². The summed E-state index contributed by atoms with van der Waals surface area (Å²) in [4.78, 5) is 21.0. The lowest BCUT2D eigenvalue weighted by atomic mass is 9.97. The Labute approximate surface area is 207 Å². The summed E-state index contributed by atoms with van der Waals surface area (Å²) in [6, 6.07) is 7.01. The number of halogens is 3. The zero-order valence-corrected chi connectivity index (χ0v) is 20.8. The van der Waals surface area contributed by atoms with E-state index in [1.807, 2.05) is 18.5 Å². The molecule has 1 aromatic carbocycles. The Morgan fingerprint density at radius 2 is 2.11 bits per heavy atom. The second-order valence-electron chi connectivity index (χ2n) is 8.75. The maximum Gasteiger partial charge on any atom is 0.416 e. The zero-order valence-electron chi connectivity index (χ0n) is 19.9. The molecule has 4 nitrogen and oxygen atoms in total. The normalized spacial score (nSPS) is 16.5. The van der Waals surface area contributed by atoms with Gasteiger partial charge in [-0.2, -0.15) is 13.2 Å². The summed E-state index contributed by atoms with van der Waals surface area (Å²) in [5.41, 5.74) is 4.14. The topological polar surface area (TPSA) is 45.2 Å². The highest BCUT2D eigenvalue weighted by Crippen LogP contribution is 2.38. The van der Waals surface area contributed by atoms with E-state index < -0.39 is 11.7 Å². The van der Waals surface area contributed by atoms with E-state index in [2.05, 4.69) is 47.3 Å². The smallest absolute Gasteiger partial charge is 0.322 e. The van der Waals surface area contributed by atoms with Crippen LogP contribution in [0.1, 0.15) is 69.5 Å². The molecule has 184 valence electrons. The van der Waals surface area contributed by atoms with Gasteiger partial charge in [-0.1, -0.05) is 25.1 Å². The molecule has 1 unspecified atom stereocenters. The van der Waals surface area contributed by atoms with Crippen LogP contribution in [0.5, 0.6) is 0 Å². The molecule has 8 heteroatoms. The van der Waals surface area contributed by atoms with Crippen molar-refractivity contribution in [2.24, 2.45) is 0 Å². The number of fused-ring (bicyclic) bond motifs is 1. The number of alkyl halides is 3. The van der Waals surface area contributed by atoms with Gasteiger partial charge in [0.25, 0.3) is 5.91 Å². The Bertz CT molecular complexity index is 1250. The molecule has 0 radical (unpaired) electrons. The number of aromatic nitrogens is 1. The zero-order chi connectivity index (χ0) is 25.2. The van der Waals surface area contributed by atoms with E-state index in [1.54, 1.807) is 0 Å². The van der Waals surface area contributed by atoms with Gasteiger partial charge in [-0.3, -0.25) is 14.7 Å². The molecule has 3 heterocycles. The number of anilines is 1. The first-order valence-electron chi connectivity index (χ1n) is 11.6. The molecule has 1 amide bonds. The predicted molar refractivity (Wildman–Crippen MR) is 135 cm³/mol. The highest BCUT2D eigenvalue weighted by molar-refractivity contribution is 7.10. The molecule has 2 aromatic heterocycles. The fraction of sp³-hybridized carbons (Fsp3) is 0.333. The molecule has 4 rings (SSSR count). The lowest BCUT2D eigenvalue weighted by Gasteiger charge is -2.33. The van der Waals surface area contributed by atoms with Gasteiger partial charge in [0.2, 0.25) is 0 Å². The molecule has 35 heavy (non-hydrogen) atoms. The molecule has 1 aliphatic rings. The number of hydrogen-bond acceptors (Lipinski definition) is 4. The van der Waals surface area contributed by atoms with Gasteiger partial charge in [-0.05, 0) is 67.6 Å². The molecule has 3 aromatic rings. The minimum Gasteiger partial charge on any atom is -0.322 e. The summed E-state index contributed by atoms with van der Waals surface area (Å²) in [6.45, 7) is 7.77. The first kappa shape index (κ1) is 25.1. The Kier molecular flexibility index (Phi) is 7.42. The van der Waals surface area contributed by atoms with E-state index >= 15 is 0 Å². The quantitative estimate of drug-likeness (QED) is 0.388. The van der Waals surface area contributed by atoms with E-state index in [-0.39, 0.29) is 17.6 Å². The van der Waals surface area contributed by atoms with E-state index in [1.165, 1.54) is 23.5 Å². The molecule has 0 bridgehead atoms. The van der Waals surface area contributed by atoms with E-state index in [0.717, 1.165) is 58.9 Å². The first-order valence-corrected chi connectivity index (χ1v) is 12.5. The largest absolute Gasteiger partial charge is 0.416 e. The van der Waals surface area contributed by atoms with Crippen LogP contribution in [0.25, 0.3) is 6.08 Å². The van der Waals surface area contributed by atoms with E-state index in [4.69, 9.17) is 0 Å². The summed E-state index contributed by atoms with van der Waals surface area (Å²) in [7, 11) is 0. The second-order valence-corrected chi connectivity index (χ2v) is 9.66. The van der Waals surface area contributed by atoms with Gasteiger partial charge < -0.3 is 5.32 Å². The van der Waals surface area contributed by atoms with Crippen LogP contribution in [0.15, 0.2) is 48.0 Å². The Morgan fingerprint density at radius 3 is 2.86 bits per heavy atom. The van der Waals surface area contributed by atoms with Crippen LogP contribution in [-0.2, 0) is 19.1 Å². The molecule has 0 saturated heterocycles. The van der Waals surface area contributed by atoms with Gasteiger partial charge in [0, 0.05) is 47.0 Å². The summed E-state index contributed by atoms with van der Waals surface area (Å²) >= 11 is 1.53. The third-order valence-electron chi connectivity index (χ3n) is 6.30. The first-order chi connectivity index (χ1) is 16.7. The number of hydrogen-bond donors (Lipinski definition) is 1. The Hall–Kier alpha value is -2.97. The molecule has 1 N–H and O–H groups in total. The van der Waals surface area contributed by atoms with Crippen molar-refractivity contribution in [1.82, 2.24) is 9.88 Å². The van der Waals surface area contributed by atoms with Gasteiger partial charge in [0.05, 0.1) is 11.1 Å². The van der Waals surface area contributed by atoms with Crippen molar-refractivity contribution >= 4 is 29.0 Å². The van der Waals surface area contributed by atoms with Crippen molar-refractivity contribution in [1.29, 1.82) is 0 Å². The fourth-order valence-electron chi connectivity index (χ4n) is 4.33. The lowest BCUT2D eigenvalue weighted by molar-refractivity contribution is -0.137. The summed E-state index contributed by atoms with van der Waals surface area (Å²) in [6.07, 6.45) is 3.37. The van der Waals surface area contributed by atoms with Crippen LogP contribution in [0, 0.1) is 6.92 Å². The van der Waals surface area contributed by atoms with Gasteiger partial charge >= 0.3 is 6.18 Å². The molecule has 0 spiro atoms. The number of benzene rings is 1. The minimum atomic E-state index is -4.46. The van der Waals surface area contributed by atoms with Crippen LogP contribution in [0.4, 0.5) is 18.9 Å². The number of amides is 1. The van der Waals surface area contributed by atoms with Gasteiger partial charge in [-0.25, -0.2) is 0 Å². The summed E-state index contributed by atoms with van der Waals surface area (Å²) in [5.74, 6) is -0.377. The number of nitrogens with one attached hydrogen (secondary N) is 1. The maximum atomic E-state index is 13.0. The molecule has 0 saturated carbocycles. The Morgan fingerprint density at radius 1 is 1.31 bits per heavy atom. The average Bonchev–Trinajstić information content (AvgIpc) is 3.26. The van der Waals surface area contributed by atoms with Crippen LogP contribution in [0.2, 0.25) is 0 Å². The van der Waals surface area contributed by atoms with Crippen LogP contribution >= 0.6 is 11.3 Å². The van der Waals surface area contributed by atoms with Crippen molar-refractivity contribution in [3.63, 3.8) is 0 Å². The molecule has 1 aliphatic heterocycles. The second kappa shape index (κ2) is 10.3. The number of pyridine rings is 1. The lowest BCUT2D eigenvalue weighted by Crippen LogP contribution is -2.33. The van der Waals surface area contributed by atoms with Crippen molar-refractivity contribution < 1.29 is 18.0 Å². The van der Waals surface area contributed by atoms with Crippen LogP contribution < -0.4 is 5.32 Å². The number of rotatable bonds is 6. The van der Waals surface area contributed by atoms with Crippen molar-refractivity contribution in [3.8, 4) is 0 Å². The van der Waals surface area contributed by atoms with Gasteiger partial charge in [-0.15, -0.1) is 11.3 Å². The maximum absolute atomic E-state index is 13.0. The molecule has 0 aliphatic carbocycles. The number of allylic oxidation sites excluding steroid dienone is 1. The standard InChI is InChI=1S/C27H28F3N3OS/c1-4-5-7-20-12-19(14-31-17(20)2)15-33-11-10-23-24(16-35-25(23)18(33)3)26(34)32-22-9-6-8-21(13-22)27(28,29)30/h5-9,12-14,16,18H,4,10-11,15H2,1-3H3,(H,32,34)/b7-5-.